The number of aliphatic carboxylic acids is 1. The maximum absolute atomic E-state index is 15.0. The van der Waals surface area contributed by atoms with Gasteiger partial charge in [-0.3, -0.25) is 14.4 Å². The first-order chi connectivity index (χ1) is 17.8. The predicted octanol–water partition coefficient (Wildman–Crippen LogP) is 5.64. The zero-order valence-electron chi connectivity index (χ0n) is 21.0. The second-order valence-corrected chi connectivity index (χ2v) is 10.7. The van der Waals surface area contributed by atoms with Crippen molar-refractivity contribution in [3.05, 3.63) is 58.0 Å². The molecule has 1 saturated heterocycles. The van der Waals surface area contributed by atoms with E-state index >= 15 is 4.39 Å². The lowest BCUT2D eigenvalue weighted by molar-refractivity contribution is -0.143. The van der Waals surface area contributed by atoms with E-state index in [0.29, 0.717) is 67.2 Å². The number of aromatic nitrogens is 2. The summed E-state index contributed by atoms with van der Waals surface area (Å²) in [7, 11) is 0. The van der Waals surface area contributed by atoms with Crippen LogP contribution in [-0.4, -0.2) is 52.0 Å². The Morgan fingerprint density at radius 2 is 2.05 bits per heavy atom. The van der Waals surface area contributed by atoms with Crippen molar-refractivity contribution in [1.82, 2.24) is 14.7 Å². The molecule has 3 aromatic rings. The van der Waals surface area contributed by atoms with Gasteiger partial charge in [-0.25, -0.2) is 4.39 Å². The molecule has 0 radical (unpaired) electrons. The number of likely N-dealkylation sites (tertiary alicyclic amines) is 1. The number of halogens is 2. The standard InChI is InChI=1S/C28H31ClFN3O4/c1-17(2)13-33-25-4-3-18(9-23(25)27(29)31-33)15-36-21-11-24(30)22-10-19(16-37-26(22)12-21)14-32-7-5-20(6-8-32)28(34)35/h3-4,9-12,17,20H,5-8,13-16H2,1-2H3,(H,34,35). The lowest BCUT2D eigenvalue weighted by Crippen LogP contribution is -2.38. The maximum atomic E-state index is 15.0. The maximum Gasteiger partial charge on any atom is 0.306 e. The van der Waals surface area contributed by atoms with Crippen LogP contribution in [0.3, 0.4) is 0 Å². The first-order valence-corrected chi connectivity index (χ1v) is 13.0. The minimum atomic E-state index is -0.726. The average molecular weight is 528 g/mol. The van der Waals surface area contributed by atoms with Gasteiger partial charge in [0.05, 0.1) is 17.0 Å². The number of piperidine rings is 1. The Bertz CT molecular complexity index is 1340. The number of hydrogen-bond donors (Lipinski definition) is 1. The molecule has 0 bridgehead atoms. The number of carboxylic acids is 1. The summed E-state index contributed by atoms with van der Waals surface area (Å²) < 4.78 is 28.7. The Kier molecular flexibility index (Phi) is 7.40. The van der Waals surface area contributed by atoms with Crippen LogP contribution in [0.25, 0.3) is 17.0 Å². The minimum absolute atomic E-state index is 0.257. The average Bonchev–Trinajstić information content (AvgIpc) is 3.17. The fraction of sp³-hybridized carbons (Fsp3) is 0.429. The van der Waals surface area contributed by atoms with Gasteiger partial charge in [0.1, 0.15) is 30.5 Å². The van der Waals surface area contributed by atoms with Crippen molar-refractivity contribution in [2.75, 3.05) is 26.2 Å². The zero-order chi connectivity index (χ0) is 26.1. The molecule has 0 saturated carbocycles. The van der Waals surface area contributed by atoms with Crippen LogP contribution in [0.4, 0.5) is 4.39 Å². The normalized spacial score (nSPS) is 16.5. The highest BCUT2D eigenvalue weighted by Crippen LogP contribution is 2.34. The number of carbonyl (C=O) groups is 1. The fourth-order valence-corrected chi connectivity index (χ4v) is 5.22. The van der Waals surface area contributed by atoms with Gasteiger partial charge in [0, 0.05) is 30.6 Å². The summed E-state index contributed by atoms with van der Waals surface area (Å²) in [5.41, 5.74) is 3.27. The molecule has 1 aromatic heterocycles. The van der Waals surface area contributed by atoms with E-state index in [1.165, 1.54) is 6.07 Å². The van der Waals surface area contributed by atoms with Crippen molar-refractivity contribution in [3.63, 3.8) is 0 Å². The lowest BCUT2D eigenvalue weighted by atomic mass is 9.96. The molecule has 5 rings (SSSR count). The van der Waals surface area contributed by atoms with Gasteiger partial charge in [0.2, 0.25) is 0 Å². The van der Waals surface area contributed by atoms with Crippen LogP contribution >= 0.6 is 11.6 Å². The molecule has 1 fully saturated rings. The van der Waals surface area contributed by atoms with E-state index < -0.39 is 11.8 Å². The van der Waals surface area contributed by atoms with E-state index in [1.807, 2.05) is 29.0 Å². The van der Waals surface area contributed by atoms with Crippen molar-refractivity contribution >= 4 is 34.5 Å². The summed E-state index contributed by atoms with van der Waals surface area (Å²) in [6, 6.07) is 9.02. The van der Waals surface area contributed by atoms with Crippen LogP contribution in [0, 0.1) is 17.7 Å². The summed E-state index contributed by atoms with van der Waals surface area (Å²) in [5, 5.41) is 15.0. The van der Waals surface area contributed by atoms with Gasteiger partial charge in [-0.1, -0.05) is 31.5 Å². The molecule has 9 heteroatoms. The molecule has 3 heterocycles. The summed E-state index contributed by atoms with van der Waals surface area (Å²) in [4.78, 5) is 13.4. The smallest absolute Gasteiger partial charge is 0.306 e. The molecule has 0 spiro atoms. The highest BCUT2D eigenvalue weighted by atomic mass is 35.5. The topological polar surface area (TPSA) is 76.8 Å². The molecular weight excluding hydrogens is 497 g/mol. The molecule has 2 aromatic carbocycles. The number of ether oxygens (including phenoxy) is 2. The highest BCUT2D eigenvalue weighted by Gasteiger charge is 2.26. The van der Waals surface area contributed by atoms with Gasteiger partial charge in [-0.05, 0) is 61.2 Å². The van der Waals surface area contributed by atoms with Gasteiger partial charge in [-0.15, -0.1) is 0 Å². The van der Waals surface area contributed by atoms with Crippen molar-refractivity contribution in [2.24, 2.45) is 11.8 Å². The number of rotatable bonds is 8. The highest BCUT2D eigenvalue weighted by molar-refractivity contribution is 6.34. The summed E-state index contributed by atoms with van der Waals surface area (Å²) in [5.74, 6) is -0.0995. The van der Waals surface area contributed by atoms with Crippen LogP contribution in [-0.2, 0) is 17.9 Å². The summed E-state index contributed by atoms with van der Waals surface area (Å²) >= 11 is 6.37. The molecule has 0 atom stereocenters. The Balaban J connectivity index is 1.24. The quantitative estimate of drug-likeness (QED) is 0.409. The Morgan fingerprint density at radius 3 is 2.78 bits per heavy atom. The third kappa shape index (κ3) is 5.75. The molecule has 2 aliphatic heterocycles. The van der Waals surface area contributed by atoms with Crippen molar-refractivity contribution in [3.8, 4) is 11.5 Å². The van der Waals surface area contributed by atoms with E-state index in [9.17, 15) is 9.90 Å². The molecule has 0 aliphatic carbocycles. The van der Waals surface area contributed by atoms with E-state index in [-0.39, 0.29) is 12.5 Å². The SMILES string of the molecule is CC(C)Cn1nc(Cl)c2cc(COc3cc(F)c4c(c3)OCC(CN3CCC(C(=O)O)CC3)=C4)ccc21. The van der Waals surface area contributed by atoms with Crippen LogP contribution < -0.4 is 9.47 Å². The van der Waals surface area contributed by atoms with Crippen molar-refractivity contribution in [1.29, 1.82) is 0 Å². The summed E-state index contributed by atoms with van der Waals surface area (Å²) in [6.07, 6.45) is 3.11. The molecule has 37 heavy (non-hydrogen) atoms. The van der Waals surface area contributed by atoms with Gasteiger partial charge < -0.3 is 14.6 Å². The number of fused-ring (bicyclic) bond motifs is 2. The molecular formula is C28H31ClFN3O4. The van der Waals surface area contributed by atoms with E-state index in [2.05, 4.69) is 23.8 Å². The fourth-order valence-electron chi connectivity index (χ4n) is 4.97. The van der Waals surface area contributed by atoms with Crippen LogP contribution in [0.2, 0.25) is 5.15 Å². The number of benzene rings is 2. The molecule has 7 nitrogen and oxygen atoms in total. The van der Waals surface area contributed by atoms with Gasteiger partial charge in [0.15, 0.2) is 5.15 Å². The monoisotopic (exact) mass is 527 g/mol. The summed E-state index contributed by atoms with van der Waals surface area (Å²) in [6.45, 7) is 7.74. The number of nitrogens with zero attached hydrogens (tertiary/aromatic N) is 3. The second kappa shape index (κ2) is 10.7. The number of carboxylic acid groups (broad SMARTS) is 1. The molecule has 1 N–H and O–H groups in total. The van der Waals surface area contributed by atoms with E-state index in [4.69, 9.17) is 21.1 Å². The van der Waals surface area contributed by atoms with Crippen molar-refractivity contribution < 1.29 is 23.8 Å². The Labute approximate surface area is 220 Å². The largest absolute Gasteiger partial charge is 0.489 e. The predicted molar refractivity (Wildman–Crippen MR) is 141 cm³/mol. The molecule has 196 valence electrons. The van der Waals surface area contributed by atoms with Crippen LogP contribution in [0.15, 0.2) is 35.9 Å². The van der Waals surface area contributed by atoms with Crippen LogP contribution in [0.1, 0.15) is 37.8 Å². The minimum Gasteiger partial charge on any atom is -0.489 e. The molecule has 2 aliphatic rings. The lowest BCUT2D eigenvalue weighted by Gasteiger charge is -2.31. The van der Waals surface area contributed by atoms with E-state index in [1.54, 1.807) is 6.07 Å². The van der Waals surface area contributed by atoms with Crippen molar-refractivity contribution in [2.45, 2.75) is 39.8 Å². The third-order valence-corrected chi connectivity index (χ3v) is 7.18. The Hall–Kier alpha value is -3.10. The second-order valence-electron chi connectivity index (χ2n) is 10.3. The van der Waals surface area contributed by atoms with E-state index in [0.717, 1.165) is 28.6 Å². The van der Waals surface area contributed by atoms with Crippen LogP contribution in [0.5, 0.6) is 11.5 Å². The molecule has 0 unspecified atom stereocenters. The third-order valence-electron chi connectivity index (χ3n) is 6.90. The zero-order valence-corrected chi connectivity index (χ0v) is 21.8. The van der Waals surface area contributed by atoms with Gasteiger partial charge in [0.25, 0.3) is 0 Å². The Morgan fingerprint density at radius 1 is 1.27 bits per heavy atom. The van der Waals surface area contributed by atoms with Gasteiger partial charge >= 0.3 is 5.97 Å². The van der Waals surface area contributed by atoms with Gasteiger partial charge in [-0.2, -0.15) is 5.10 Å². The first-order valence-electron chi connectivity index (χ1n) is 12.7. The first kappa shape index (κ1) is 25.5. The molecule has 0 amide bonds. The number of hydrogen-bond acceptors (Lipinski definition) is 5.